The molecule has 17 heavy (non-hydrogen) atoms. The van der Waals surface area contributed by atoms with E-state index in [9.17, 15) is 4.79 Å². The SMILES string of the molecule is CO[C@@H]1CNC[C@H]1NC(=O)c1sc(C)nc1C. The molecule has 1 saturated heterocycles. The summed E-state index contributed by atoms with van der Waals surface area (Å²) in [5.41, 5.74) is 0.796. The molecule has 1 amide bonds. The van der Waals surface area contributed by atoms with Crippen molar-refractivity contribution in [2.75, 3.05) is 20.2 Å². The Hall–Kier alpha value is -0.980. The van der Waals surface area contributed by atoms with Crippen LogP contribution in [0.25, 0.3) is 0 Å². The number of thiazole rings is 1. The number of nitrogens with zero attached hydrogens (tertiary/aromatic N) is 1. The summed E-state index contributed by atoms with van der Waals surface area (Å²) < 4.78 is 5.31. The maximum absolute atomic E-state index is 12.1. The normalized spacial score (nSPS) is 23.9. The van der Waals surface area contributed by atoms with E-state index in [1.165, 1.54) is 11.3 Å². The molecule has 1 fully saturated rings. The molecule has 2 atom stereocenters. The molecule has 0 aromatic carbocycles. The Bertz CT molecular complexity index is 419. The fourth-order valence-electron chi connectivity index (χ4n) is 2.02. The molecule has 94 valence electrons. The summed E-state index contributed by atoms with van der Waals surface area (Å²) in [5.74, 6) is -0.0520. The molecule has 2 rings (SSSR count). The lowest BCUT2D eigenvalue weighted by molar-refractivity contribution is 0.0782. The highest BCUT2D eigenvalue weighted by molar-refractivity contribution is 7.13. The van der Waals surface area contributed by atoms with Crippen LogP contribution in [0.1, 0.15) is 20.4 Å². The number of ether oxygens (including phenoxy) is 1. The van der Waals surface area contributed by atoms with Crippen molar-refractivity contribution in [1.82, 2.24) is 15.6 Å². The van der Waals surface area contributed by atoms with Crippen molar-refractivity contribution in [1.29, 1.82) is 0 Å². The first-order chi connectivity index (χ1) is 8.11. The van der Waals surface area contributed by atoms with Crippen molar-refractivity contribution < 1.29 is 9.53 Å². The van der Waals surface area contributed by atoms with Crippen LogP contribution in [0, 0.1) is 13.8 Å². The number of methoxy groups -OCH3 is 1. The first kappa shape index (κ1) is 12.5. The minimum absolute atomic E-state index is 0.0364. The first-order valence-electron chi connectivity index (χ1n) is 5.60. The van der Waals surface area contributed by atoms with Crippen LogP contribution in [0.3, 0.4) is 0 Å². The second-order valence-electron chi connectivity index (χ2n) is 4.16. The average molecular weight is 255 g/mol. The van der Waals surface area contributed by atoms with Crippen molar-refractivity contribution in [3.05, 3.63) is 15.6 Å². The van der Waals surface area contributed by atoms with Crippen LogP contribution in [0.5, 0.6) is 0 Å². The molecule has 1 aromatic heterocycles. The van der Waals surface area contributed by atoms with E-state index in [0.717, 1.165) is 23.8 Å². The van der Waals surface area contributed by atoms with E-state index in [1.54, 1.807) is 7.11 Å². The lowest BCUT2D eigenvalue weighted by Gasteiger charge is -2.18. The van der Waals surface area contributed by atoms with E-state index < -0.39 is 0 Å². The molecule has 1 aliphatic heterocycles. The van der Waals surface area contributed by atoms with Gasteiger partial charge in [-0.15, -0.1) is 11.3 Å². The molecule has 1 aromatic rings. The summed E-state index contributed by atoms with van der Waals surface area (Å²) in [5, 5.41) is 7.11. The lowest BCUT2D eigenvalue weighted by atomic mass is 10.2. The topological polar surface area (TPSA) is 63.2 Å². The van der Waals surface area contributed by atoms with Crippen LogP contribution in [0.4, 0.5) is 0 Å². The van der Waals surface area contributed by atoms with E-state index in [0.29, 0.717) is 4.88 Å². The van der Waals surface area contributed by atoms with Gasteiger partial charge in [0.15, 0.2) is 0 Å². The monoisotopic (exact) mass is 255 g/mol. The largest absolute Gasteiger partial charge is 0.378 e. The molecule has 2 heterocycles. The molecule has 0 aliphatic carbocycles. The van der Waals surface area contributed by atoms with Gasteiger partial charge in [-0.25, -0.2) is 4.98 Å². The Morgan fingerprint density at radius 2 is 2.29 bits per heavy atom. The summed E-state index contributed by atoms with van der Waals surface area (Å²) in [4.78, 5) is 17.0. The molecule has 0 unspecified atom stereocenters. The van der Waals surface area contributed by atoms with Gasteiger partial charge in [-0.2, -0.15) is 0 Å². The minimum Gasteiger partial charge on any atom is -0.378 e. The van der Waals surface area contributed by atoms with E-state index in [4.69, 9.17) is 4.74 Å². The van der Waals surface area contributed by atoms with E-state index in [-0.39, 0.29) is 18.1 Å². The van der Waals surface area contributed by atoms with Crippen LogP contribution >= 0.6 is 11.3 Å². The van der Waals surface area contributed by atoms with Crippen molar-refractivity contribution in [3.8, 4) is 0 Å². The van der Waals surface area contributed by atoms with Crippen molar-refractivity contribution in [2.45, 2.75) is 26.0 Å². The second kappa shape index (κ2) is 5.12. The van der Waals surface area contributed by atoms with Gasteiger partial charge in [0.1, 0.15) is 4.88 Å². The summed E-state index contributed by atoms with van der Waals surface area (Å²) in [7, 11) is 1.67. The molecule has 0 saturated carbocycles. The van der Waals surface area contributed by atoms with Crippen LogP contribution in [-0.4, -0.2) is 43.2 Å². The van der Waals surface area contributed by atoms with Gasteiger partial charge in [0.25, 0.3) is 5.91 Å². The maximum atomic E-state index is 12.1. The number of nitrogens with one attached hydrogen (secondary N) is 2. The third kappa shape index (κ3) is 2.65. The third-order valence-electron chi connectivity index (χ3n) is 2.89. The van der Waals surface area contributed by atoms with Gasteiger partial charge in [0.05, 0.1) is 22.8 Å². The summed E-state index contributed by atoms with van der Waals surface area (Å²) in [6.07, 6.45) is 0.0493. The van der Waals surface area contributed by atoms with Crippen molar-refractivity contribution in [3.63, 3.8) is 0 Å². The number of carbonyl (C=O) groups is 1. The van der Waals surface area contributed by atoms with Crippen LogP contribution in [0.2, 0.25) is 0 Å². The molecule has 5 nitrogen and oxygen atoms in total. The average Bonchev–Trinajstić information content (AvgIpc) is 2.84. The fourth-order valence-corrected chi connectivity index (χ4v) is 2.85. The van der Waals surface area contributed by atoms with Gasteiger partial charge >= 0.3 is 0 Å². The zero-order valence-corrected chi connectivity index (χ0v) is 11.1. The molecule has 0 bridgehead atoms. The summed E-state index contributed by atoms with van der Waals surface area (Å²) in [6.45, 7) is 5.30. The highest BCUT2D eigenvalue weighted by atomic mass is 32.1. The standard InChI is InChI=1S/C11H17N3O2S/c1-6-10(17-7(2)13-6)11(15)14-8-4-12-5-9(8)16-3/h8-9,12H,4-5H2,1-3H3,(H,14,15)/t8-,9-/m1/s1. The fraction of sp³-hybridized carbons (Fsp3) is 0.636. The maximum Gasteiger partial charge on any atom is 0.263 e. The Morgan fingerprint density at radius 3 is 2.88 bits per heavy atom. The van der Waals surface area contributed by atoms with E-state index in [2.05, 4.69) is 15.6 Å². The number of amides is 1. The number of carbonyl (C=O) groups excluding carboxylic acids is 1. The molecule has 0 spiro atoms. The van der Waals surface area contributed by atoms with Crippen molar-refractivity contribution >= 4 is 17.2 Å². The summed E-state index contributed by atoms with van der Waals surface area (Å²) >= 11 is 1.43. The second-order valence-corrected chi connectivity index (χ2v) is 5.36. The zero-order valence-electron chi connectivity index (χ0n) is 10.2. The van der Waals surface area contributed by atoms with E-state index in [1.807, 2.05) is 13.8 Å². The lowest BCUT2D eigenvalue weighted by Crippen LogP contribution is -2.43. The predicted octanol–water partition coefficient (Wildman–Crippen LogP) is 0.477. The highest BCUT2D eigenvalue weighted by Gasteiger charge is 2.29. The molecular formula is C11H17N3O2S. The number of rotatable bonds is 3. The predicted molar refractivity (Wildman–Crippen MR) is 66.5 cm³/mol. The number of hydrogen-bond donors (Lipinski definition) is 2. The van der Waals surface area contributed by atoms with Crippen LogP contribution in [0.15, 0.2) is 0 Å². The quantitative estimate of drug-likeness (QED) is 0.824. The van der Waals surface area contributed by atoms with Gasteiger partial charge in [-0.05, 0) is 13.8 Å². The first-order valence-corrected chi connectivity index (χ1v) is 6.42. The minimum atomic E-state index is -0.0520. The Balaban J connectivity index is 2.04. The molecule has 0 radical (unpaired) electrons. The highest BCUT2D eigenvalue weighted by Crippen LogP contribution is 2.17. The zero-order chi connectivity index (χ0) is 12.4. The van der Waals surface area contributed by atoms with Gasteiger partial charge in [-0.1, -0.05) is 0 Å². The van der Waals surface area contributed by atoms with Gasteiger partial charge in [0.2, 0.25) is 0 Å². The van der Waals surface area contributed by atoms with E-state index >= 15 is 0 Å². The number of hydrogen-bond acceptors (Lipinski definition) is 5. The summed E-state index contributed by atoms with van der Waals surface area (Å²) in [6, 6.07) is 0.0364. The van der Waals surface area contributed by atoms with Crippen molar-refractivity contribution in [2.24, 2.45) is 0 Å². The van der Waals surface area contributed by atoms with Crippen LogP contribution in [-0.2, 0) is 4.74 Å². The molecule has 1 aliphatic rings. The Kier molecular flexibility index (Phi) is 3.76. The van der Waals surface area contributed by atoms with Gasteiger partial charge in [-0.3, -0.25) is 4.79 Å². The third-order valence-corrected chi connectivity index (χ3v) is 3.96. The number of aryl methyl sites for hydroxylation is 2. The molecular weight excluding hydrogens is 238 g/mol. The Labute approximate surface area is 105 Å². The smallest absolute Gasteiger partial charge is 0.263 e. The van der Waals surface area contributed by atoms with Crippen LogP contribution < -0.4 is 10.6 Å². The van der Waals surface area contributed by atoms with Gasteiger partial charge in [0, 0.05) is 20.2 Å². The molecule has 6 heteroatoms. The Morgan fingerprint density at radius 1 is 1.53 bits per heavy atom. The van der Waals surface area contributed by atoms with Gasteiger partial charge < -0.3 is 15.4 Å². The molecule has 2 N–H and O–H groups in total. The number of aromatic nitrogens is 1.